The van der Waals surface area contributed by atoms with Gasteiger partial charge in [-0.1, -0.05) is 21.1 Å². The molecule has 0 unspecified atom stereocenters. The Kier molecular flexibility index (Phi) is 3.10. The third-order valence-electron chi connectivity index (χ3n) is 1.86. The maximum Gasteiger partial charge on any atom is 0.113 e. The second kappa shape index (κ2) is 4.52. The van der Waals surface area contributed by atoms with E-state index >= 15 is 0 Å². The molecular weight excluding hydrogens is 260 g/mol. The zero-order valence-corrected chi connectivity index (χ0v) is 9.39. The van der Waals surface area contributed by atoms with Crippen molar-refractivity contribution in [3.8, 4) is 5.69 Å². The Morgan fingerprint density at radius 3 is 2.73 bits per heavy atom. The lowest BCUT2D eigenvalue weighted by atomic mass is 10.3. The van der Waals surface area contributed by atoms with Crippen molar-refractivity contribution >= 4 is 15.9 Å². The Morgan fingerprint density at radius 2 is 2.07 bits per heavy atom. The monoisotopic (exact) mass is 268 g/mol. The Bertz CT molecular complexity index is 440. The van der Waals surface area contributed by atoms with Crippen LogP contribution in [0.15, 0.2) is 34.9 Å². The van der Waals surface area contributed by atoms with Crippen molar-refractivity contribution in [2.75, 3.05) is 0 Å². The number of hydrogen-bond acceptors (Lipinski definition) is 4. The van der Waals surface area contributed by atoms with Gasteiger partial charge in [0, 0.05) is 4.47 Å². The van der Waals surface area contributed by atoms with Crippen molar-refractivity contribution in [2.45, 2.75) is 6.61 Å². The van der Waals surface area contributed by atoms with E-state index in [1.54, 1.807) is 10.9 Å². The first-order valence-corrected chi connectivity index (χ1v) is 5.08. The molecule has 15 heavy (non-hydrogen) atoms. The van der Waals surface area contributed by atoms with Gasteiger partial charge in [0.05, 0.1) is 11.9 Å². The van der Waals surface area contributed by atoms with Gasteiger partial charge >= 0.3 is 0 Å². The average molecular weight is 269 g/mol. The van der Waals surface area contributed by atoms with E-state index in [2.05, 4.69) is 31.1 Å². The minimum Gasteiger partial charge on any atom is -0.298 e. The van der Waals surface area contributed by atoms with Gasteiger partial charge in [-0.15, -0.1) is 5.10 Å². The van der Waals surface area contributed by atoms with Crippen LogP contribution in [0, 0.1) is 0 Å². The number of rotatable bonds is 3. The number of hydrogen-bond donors (Lipinski definition) is 1. The van der Waals surface area contributed by atoms with Crippen molar-refractivity contribution in [1.82, 2.24) is 15.0 Å². The molecule has 0 fully saturated rings. The van der Waals surface area contributed by atoms with Crippen LogP contribution in [0.1, 0.15) is 5.69 Å². The summed E-state index contributed by atoms with van der Waals surface area (Å²) in [4.78, 5) is 4.47. The number of benzene rings is 1. The van der Waals surface area contributed by atoms with E-state index < -0.39 is 0 Å². The van der Waals surface area contributed by atoms with Gasteiger partial charge in [-0.3, -0.25) is 4.84 Å². The third-order valence-corrected chi connectivity index (χ3v) is 2.39. The molecule has 0 amide bonds. The molecule has 0 saturated carbocycles. The summed E-state index contributed by atoms with van der Waals surface area (Å²) >= 11 is 3.37. The van der Waals surface area contributed by atoms with Gasteiger partial charge in [-0.2, -0.15) is 0 Å². The van der Waals surface area contributed by atoms with Gasteiger partial charge in [-0.05, 0) is 24.3 Å². The fourth-order valence-electron chi connectivity index (χ4n) is 1.17. The lowest BCUT2D eigenvalue weighted by Gasteiger charge is -1.98. The number of nitrogens with two attached hydrogens (primary N) is 1. The zero-order chi connectivity index (χ0) is 10.7. The van der Waals surface area contributed by atoms with Crippen LogP contribution in [0.3, 0.4) is 0 Å². The smallest absolute Gasteiger partial charge is 0.113 e. The third kappa shape index (κ3) is 2.41. The quantitative estimate of drug-likeness (QED) is 0.856. The van der Waals surface area contributed by atoms with E-state index in [1.807, 2.05) is 24.3 Å². The zero-order valence-electron chi connectivity index (χ0n) is 7.80. The van der Waals surface area contributed by atoms with Crippen molar-refractivity contribution in [3.63, 3.8) is 0 Å². The van der Waals surface area contributed by atoms with Crippen molar-refractivity contribution in [2.24, 2.45) is 5.90 Å². The standard InChI is InChI=1S/C9H9BrN4O/c10-7-1-3-9(4-2-7)14-5-8(6-15-11)12-13-14/h1-5H,6,11H2. The highest BCUT2D eigenvalue weighted by atomic mass is 79.9. The first-order chi connectivity index (χ1) is 7.29. The first-order valence-electron chi connectivity index (χ1n) is 4.28. The van der Waals surface area contributed by atoms with Crippen molar-refractivity contribution in [1.29, 1.82) is 0 Å². The van der Waals surface area contributed by atoms with Gasteiger partial charge in [0.25, 0.3) is 0 Å². The number of halogens is 1. The fourth-order valence-corrected chi connectivity index (χ4v) is 1.43. The van der Waals surface area contributed by atoms with Gasteiger partial charge in [0.2, 0.25) is 0 Å². The van der Waals surface area contributed by atoms with E-state index in [-0.39, 0.29) is 6.61 Å². The fraction of sp³-hybridized carbons (Fsp3) is 0.111. The highest BCUT2D eigenvalue weighted by molar-refractivity contribution is 9.10. The molecule has 0 saturated heterocycles. The molecule has 2 aromatic rings. The van der Waals surface area contributed by atoms with Gasteiger partial charge in [-0.25, -0.2) is 10.6 Å². The van der Waals surface area contributed by atoms with E-state index in [1.165, 1.54) is 0 Å². The minimum atomic E-state index is 0.260. The van der Waals surface area contributed by atoms with E-state index in [0.29, 0.717) is 5.69 Å². The van der Waals surface area contributed by atoms with Crippen molar-refractivity contribution in [3.05, 3.63) is 40.6 Å². The van der Waals surface area contributed by atoms with Crippen LogP contribution in [0.4, 0.5) is 0 Å². The summed E-state index contributed by atoms with van der Waals surface area (Å²) in [7, 11) is 0. The summed E-state index contributed by atoms with van der Waals surface area (Å²) in [5, 5.41) is 7.85. The van der Waals surface area contributed by atoms with Crippen LogP contribution in [-0.2, 0) is 11.4 Å². The number of aromatic nitrogens is 3. The average Bonchev–Trinajstić information content (AvgIpc) is 2.68. The summed E-state index contributed by atoms with van der Waals surface area (Å²) in [5.41, 5.74) is 1.63. The summed E-state index contributed by atoms with van der Waals surface area (Å²) in [5.74, 6) is 4.95. The molecule has 78 valence electrons. The molecule has 6 heteroatoms. The Balaban J connectivity index is 2.25. The molecule has 2 rings (SSSR count). The largest absolute Gasteiger partial charge is 0.298 e. The highest BCUT2D eigenvalue weighted by Gasteiger charge is 2.01. The first kappa shape index (κ1) is 10.3. The highest BCUT2D eigenvalue weighted by Crippen LogP contribution is 2.13. The second-order valence-corrected chi connectivity index (χ2v) is 3.86. The Morgan fingerprint density at radius 1 is 1.33 bits per heavy atom. The molecule has 0 aliphatic heterocycles. The van der Waals surface area contributed by atoms with Crippen LogP contribution >= 0.6 is 15.9 Å². The van der Waals surface area contributed by atoms with Crippen molar-refractivity contribution < 1.29 is 4.84 Å². The SMILES string of the molecule is NOCc1cn(-c2ccc(Br)cc2)nn1. The summed E-state index contributed by atoms with van der Waals surface area (Å²) in [6.07, 6.45) is 1.77. The minimum absolute atomic E-state index is 0.260. The molecule has 0 radical (unpaired) electrons. The van der Waals surface area contributed by atoms with Crippen LogP contribution in [0.25, 0.3) is 5.69 Å². The summed E-state index contributed by atoms with van der Waals surface area (Å²) < 4.78 is 2.69. The summed E-state index contributed by atoms with van der Waals surface area (Å²) in [6.45, 7) is 0.260. The molecule has 0 aliphatic carbocycles. The van der Waals surface area contributed by atoms with Crippen LogP contribution in [-0.4, -0.2) is 15.0 Å². The molecular formula is C9H9BrN4O. The van der Waals surface area contributed by atoms with Crippen LogP contribution < -0.4 is 5.90 Å². The topological polar surface area (TPSA) is 66.0 Å². The number of nitrogens with zero attached hydrogens (tertiary/aromatic N) is 3. The lowest BCUT2D eigenvalue weighted by molar-refractivity contribution is 0.121. The summed E-state index contributed by atoms with van der Waals surface area (Å²) in [6, 6.07) is 7.75. The van der Waals surface area contributed by atoms with Crippen LogP contribution in [0.5, 0.6) is 0 Å². The molecule has 1 aromatic heterocycles. The normalized spacial score (nSPS) is 10.5. The van der Waals surface area contributed by atoms with E-state index in [9.17, 15) is 0 Å². The molecule has 0 atom stereocenters. The van der Waals surface area contributed by atoms with Crippen LogP contribution in [0.2, 0.25) is 0 Å². The maximum absolute atomic E-state index is 4.95. The predicted octanol–water partition coefficient (Wildman–Crippen LogP) is 1.42. The Labute approximate surface area is 94.9 Å². The second-order valence-electron chi connectivity index (χ2n) is 2.94. The van der Waals surface area contributed by atoms with Gasteiger partial charge < -0.3 is 0 Å². The molecule has 0 aliphatic rings. The van der Waals surface area contributed by atoms with Gasteiger partial charge in [0.1, 0.15) is 12.3 Å². The molecule has 2 N–H and O–H groups in total. The molecule has 1 heterocycles. The molecule has 1 aromatic carbocycles. The maximum atomic E-state index is 4.95. The van der Waals surface area contributed by atoms with E-state index in [0.717, 1.165) is 10.2 Å². The van der Waals surface area contributed by atoms with E-state index in [4.69, 9.17) is 5.90 Å². The lowest BCUT2D eigenvalue weighted by Crippen LogP contribution is -1.98. The molecule has 5 nitrogen and oxygen atoms in total. The molecule has 0 spiro atoms. The Hall–Kier alpha value is -1.24. The predicted molar refractivity (Wildman–Crippen MR) is 58.0 cm³/mol. The molecule has 0 bridgehead atoms. The van der Waals surface area contributed by atoms with Gasteiger partial charge in [0.15, 0.2) is 0 Å².